The third-order valence-electron chi connectivity index (χ3n) is 6.95. The van der Waals surface area contributed by atoms with Crippen molar-refractivity contribution in [2.75, 3.05) is 33.4 Å². The number of carbonyl (C=O) groups is 1. The number of benzene rings is 2. The summed E-state index contributed by atoms with van der Waals surface area (Å²) in [7, 11) is 1.71. The van der Waals surface area contributed by atoms with E-state index in [0.717, 1.165) is 56.3 Å². The van der Waals surface area contributed by atoms with Crippen LogP contribution in [0.2, 0.25) is 0 Å². The predicted octanol–water partition coefficient (Wildman–Crippen LogP) is 5.39. The Labute approximate surface area is 204 Å². The van der Waals surface area contributed by atoms with E-state index in [0.29, 0.717) is 37.6 Å². The summed E-state index contributed by atoms with van der Waals surface area (Å²) in [5, 5.41) is 0. The molecule has 0 N–H and O–H groups in total. The summed E-state index contributed by atoms with van der Waals surface area (Å²) in [6.45, 7) is 3.12. The van der Waals surface area contributed by atoms with Crippen molar-refractivity contribution in [2.24, 2.45) is 0 Å². The van der Waals surface area contributed by atoms with Crippen LogP contribution < -0.4 is 4.74 Å². The van der Waals surface area contributed by atoms with Crippen LogP contribution in [0.15, 0.2) is 48.5 Å². The summed E-state index contributed by atoms with van der Waals surface area (Å²) in [6, 6.07) is 12.7. The van der Waals surface area contributed by atoms with Gasteiger partial charge in [-0.15, -0.1) is 0 Å². The minimum atomic E-state index is -4.33. The predicted molar refractivity (Wildman–Crippen MR) is 127 cm³/mol. The molecule has 2 aliphatic rings. The number of hydrogen-bond donors (Lipinski definition) is 0. The Balaban J connectivity index is 1.50. The summed E-state index contributed by atoms with van der Waals surface area (Å²) in [5.74, 6) is 0.655. The molecule has 1 saturated heterocycles. The molecule has 2 aliphatic heterocycles. The van der Waals surface area contributed by atoms with Gasteiger partial charge in [-0.3, -0.25) is 9.69 Å². The van der Waals surface area contributed by atoms with Gasteiger partial charge in [0.05, 0.1) is 17.7 Å². The van der Waals surface area contributed by atoms with Crippen molar-refractivity contribution in [3.8, 4) is 5.75 Å². The molecule has 0 spiro atoms. The highest BCUT2D eigenvalue weighted by molar-refractivity contribution is 5.95. The van der Waals surface area contributed by atoms with Crippen LogP contribution in [0.4, 0.5) is 13.2 Å². The minimum Gasteiger partial charge on any atom is -0.492 e. The molecule has 2 aromatic carbocycles. The van der Waals surface area contributed by atoms with Crippen molar-refractivity contribution in [1.29, 1.82) is 0 Å². The van der Waals surface area contributed by atoms with Gasteiger partial charge in [0.15, 0.2) is 0 Å². The highest BCUT2D eigenvalue weighted by Gasteiger charge is 2.34. The summed E-state index contributed by atoms with van der Waals surface area (Å²) in [5.41, 5.74) is 0.817. The molecule has 2 atom stereocenters. The fourth-order valence-electron chi connectivity index (χ4n) is 5.08. The monoisotopic (exact) mass is 490 g/mol. The smallest absolute Gasteiger partial charge is 0.416 e. The molecule has 0 aromatic heterocycles. The molecule has 0 aliphatic carbocycles. The first-order chi connectivity index (χ1) is 16.8. The molecule has 0 unspecified atom stereocenters. The maximum atomic E-state index is 13.4. The van der Waals surface area contributed by atoms with Gasteiger partial charge in [-0.05, 0) is 68.1 Å². The number of rotatable bonds is 3. The van der Waals surface area contributed by atoms with Gasteiger partial charge < -0.3 is 14.4 Å². The lowest BCUT2D eigenvalue weighted by Gasteiger charge is -2.41. The first kappa shape index (κ1) is 25.5. The molecule has 0 saturated carbocycles. The molecular formula is C27H33F3N2O3. The topological polar surface area (TPSA) is 42.0 Å². The van der Waals surface area contributed by atoms with Gasteiger partial charge in [0.1, 0.15) is 12.4 Å². The first-order valence-electron chi connectivity index (χ1n) is 12.3. The number of amides is 1. The molecule has 4 rings (SSSR count). The van der Waals surface area contributed by atoms with Crippen molar-refractivity contribution in [3.63, 3.8) is 0 Å². The molecule has 2 bridgehead atoms. The summed E-state index contributed by atoms with van der Waals surface area (Å²) < 4.78 is 50.5. The molecule has 190 valence electrons. The van der Waals surface area contributed by atoms with E-state index in [1.54, 1.807) is 25.3 Å². The van der Waals surface area contributed by atoms with E-state index in [1.165, 1.54) is 0 Å². The van der Waals surface area contributed by atoms with Crippen molar-refractivity contribution in [2.45, 2.75) is 57.0 Å². The van der Waals surface area contributed by atoms with Crippen LogP contribution in [0.1, 0.15) is 53.6 Å². The van der Waals surface area contributed by atoms with Gasteiger partial charge in [0, 0.05) is 32.3 Å². The van der Waals surface area contributed by atoms with Crippen LogP contribution in [0.25, 0.3) is 0 Å². The SMILES string of the molecule is CO[C@H]1CCCN2C(=O)c3cccc(c3)OCCN(Cc3ccc(C(F)(F)F)cc3)CCCC[C@@H]12. The second kappa shape index (κ2) is 11.4. The van der Waals surface area contributed by atoms with Gasteiger partial charge in [0.25, 0.3) is 5.91 Å². The molecule has 5 nitrogen and oxygen atoms in total. The fourth-order valence-corrected chi connectivity index (χ4v) is 5.08. The molecule has 2 heterocycles. The van der Waals surface area contributed by atoms with Crippen molar-refractivity contribution < 1.29 is 27.4 Å². The second-order valence-corrected chi connectivity index (χ2v) is 9.33. The van der Waals surface area contributed by atoms with E-state index in [1.807, 2.05) is 23.1 Å². The standard InChI is InChI=1S/C27H33F3N2O3/c1-34-25-9-5-15-32-24(25)8-2-3-14-31(19-20-10-12-22(13-11-20)27(28,29)30)16-17-35-23-7-4-6-21(18-23)26(32)33/h4,6-7,10-13,18,24-25H,2-3,5,8-9,14-17,19H2,1H3/t24-,25-/m0/s1. The number of carbonyl (C=O) groups excluding carboxylic acids is 1. The van der Waals surface area contributed by atoms with E-state index in [-0.39, 0.29) is 18.1 Å². The molecule has 1 fully saturated rings. The zero-order chi connectivity index (χ0) is 24.8. The summed E-state index contributed by atoms with van der Waals surface area (Å²) in [4.78, 5) is 17.5. The average molecular weight is 491 g/mol. The average Bonchev–Trinajstić information content (AvgIpc) is 2.85. The number of nitrogens with zero attached hydrogens (tertiary/aromatic N) is 2. The first-order valence-corrected chi connectivity index (χ1v) is 12.3. The van der Waals surface area contributed by atoms with Gasteiger partial charge in [-0.25, -0.2) is 0 Å². The third-order valence-corrected chi connectivity index (χ3v) is 6.95. The maximum Gasteiger partial charge on any atom is 0.416 e. The third kappa shape index (κ3) is 6.55. The summed E-state index contributed by atoms with van der Waals surface area (Å²) >= 11 is 0. The summed E-state index contributed by atoms with van der Waals surface area (Å²) in [6.07, 6.45) is 0.239. The highest BCUT2D eigenvalue weighted by atomic mass is 19.4. The molecule has 0 radical (unpaired) electrons. The van der Waals surface area contributed by atoms with Crippen LogP contribution in [0.3, 0.4) is 0 Å². The van der Waals surface area contributed by atoms with E-state index in [4.69, 9.17) is 9.47 Å². The number of halogens is 3. The van der Waals surface area contributed by atoms with Crippen LogP contribution in [-0.4, -0.2) is 61.2 Å². The van der Waals surface area contributed by atoms with Crippen molar-refractivity contribution in [1.82, 2.24) is 9.80 Å². The van der Waals surface area contributed by atoms with Gasteiger partial charge in [-0.1, -0.05) is 24.6 Å². The van der Waals surface area contributed by atoms with Gasteiger partial charge >= 0.3 is 6.18 Å². The van der Waals surface area contributed by atoms with Crippen molar-refractivity contribution in [3.05, 3.63) is 65.2 Å². The largest absolute Gasteiger partial charge is 0.492 e. The number of piperidine rings is 1. The van der Waals surface area contributed by atoms with Crippen LogP contribution in [0, 0.1) is 0 Å². The van der Waals surface area contributed by atoms with Crippen LogP contribution in [-0.2, 0) is 17.5 Å². The number of hydrogen-bond acceptors (Lipinski definition) is 4. The quantitative estimate of drug-likeness (QED) is 0.579. The fraction of sp³-hybridized carbons (Fsp3) is 0.519. The maximum absolute atomic E-state index is 13.4. The Morgan fingerprint density at radius 1 is 1.00 bits per heavy atom. The van der Waals surface area contributed by atoms with E-state index < -0.39 is 11.7 Å². The van der Waals surface area contributed by atoms with E-state index >= 15 is 0 Å². The molecule has 2 aromatic rings. The highest BCUT2D eigenvalue weighted by Crippen LogP contribution is 2.30. The van der Waals surface area contributed by atoms with Crippen LogP contribution in [0.5, 0.6) is 5.75 Å². The zero-order valence-corrected chi connectivity index (χ0v) is 20.1. The number of methoxy groups -OCH3 is 1. The lowest BCUT2D eigenvalue weighted by atomic mass is 9.93. The van der Waals surface area contributed by atoms with Crippen molar-refractivity contribution >= 4 is 5.91 Å². The Bertz CT molecular complexity index is 980. The van der Waals surface area contributed by atoms with Gasteiger partial charge in [-0.2, -0.15) is 13.2 Å². The number of ether oxygens (including phenoxy) is 2. The Morgan fingerprint density at radius 2 is 1.80 bits per heavy atom. The molecule has 8 heteroatoms. The van der Waals surface area contributed by atoms with Crippen LogP contribution >= 0.6 is 0 Å². The number of fused-ring (bicyclic) bond motifs is 3. The Morgan fingerprint density at radius 3 is 2.54 bits per heavy atom. The molecular weight excluding hydrogens is 457 g/mol. The lowest BCUT2D eigenvalue weighted by molar-refractivity contribution is -0.137. The normalized spacial score (nSPS) is 22.7. The Kier molecular flexibility index (Phi) is 8.34. The molecule has 35 heavy (non-hydrogen) atoms. The second-order valence-electron chi connectivity index (χ2n) is 9.33. The zero-order valence-electron chi connectivity index (χ0n) is 20.1. The number of alkyl halides is 3. The minimum absolute atomic E-state index is 0.0168. The Hall–Kier alpha value is -2.58. The molecule has 1 amide bonds. The van der Waals surface area contributed by atoms with E-state index in [9.17, 15) is 18.0 Å². The lowest BCUT2D eigenvalue weighted by Crippen LogP contribution is -2.51. The van der Waals surface area contributed by atoms with Gasteiger partial charge in [0.2, 0.25) is 0 Å². The van der Waals surface area contributed by atoms with E-state index in [2.05, 4.69) is 4.90 Å².